The molecule has 1 fully saturated rings. The molecule has 0 spiro atoms. The molecule has 3 heterocycles. The van der Waals surface area contributed by atoms with Gasteiger partial charge in [-0.15, -0.1) is 0 Å². The number of hydrogen-bond acceptors (Lipinski definition) is 4. The number of nitrogens with zero attached hydrogens (tertiary/aromatic N) is 4. The van der Waals surface area contributed by atoms with Crippen LogP contribution >= 0.6 is 0 Å². The largest absolute Gasteiger partial charge is 0.361 e. The lowest BCUT2D eigenvalue weighted by Gasteiger charge is -2.40. The first-order valence-electron chi connectivity index (χ1n) is 12.4. The lowest BCUT2D eigenvalue weighted by molar-refractivity contribution is -0.130. The Morgan fingerprint density at radius 1 is 1.12 bits per heavy atom. The number of carbonyl (C=O) groups excluding carboxylic acids is 1. The van der Waals surface area contributed by atoms with Gasteiger partial charge in [-0.1, -0.05) is 43.4 Å². The zero-order valence-electron chi connectivity index (χ0n) is 20.3. The Morgan fingerprint density at radius 2 is 1.88 bits per heavy atom. The second-order valence-corrected chi connectivity index (χ2v) is 8.90. The van der Waals surface area contributed by atoms with Crippen LogP contribution in [0.4, 0.5) is 5.69 Å². The van der Waals surface area contributed by atoms with Gasteiger partial charge in [0.1, 0.15) is 6.17 Å². The molecule has 1 amide bonds. The molecule has 4 rings (SSSR count). The number of likely N-dealkylation sites (tertiary alicyclic amines) is 1. The molecule has 1 aromatic carbocycles. The van der Waals surface area contributed by atoms with Crippen LogP contribution in [0.1, 0.15) is 51.3 Å². The van der Waals surface area contributed by atoms with E-state index in [1.807, 2.05) is 35.4 Å². The monoisotopic (exact) mass is 457 g/mol. The van der Waals surface area contributed by atoms with Gasteiger partial charge in [-0.25, -0.2) is 0 Å². The molecule has 178 valence electrons. The molecule has 1 atom stereocenters. The molecule has 1 aliphatic heterocycles. The standard InChI is InChI=1S/C28H35N5O/c1-3-17-33(24-13-15-29-16-14-24)28(26-22-30-27-12-6-5-11-25(26)27)32(23(2)34)21-10-9-20-31-18-7-4-8-19-31/h5-6,11-16,22,28,30H,3-4,7-8,17-21H2,1-2H3. The van der Waals surface area contributed by atoms with E-state index in [1.165, 1.54) is 19.3 Å². The predicted molar refractivity (Wildman–Crippen MR) is 138 cm³/mol. The summed E-state index contributed by atoms with van der Waals surface area (Å²) in [5.41, 5.74) is 3.18. The number of hydrogen-bond donors (Lipinski definition) is 1. The van der Waals surface area contributed by atoms with Gasteiger partial charge in [0.25, 0.3) is 0 Å². The van der Waals surface area contributed by atoms with E-state index in [1.54, 1.807) is 19.3 Å². The van der Waals surface area contributed by atoms with Gasteiger partial charge in [-0.3, -0.25) is 14.7 Å². The Bertz CT molecular complexity index is 1120. The number of benzene rings is 1. The Balaban J connectivity index is 1.69. The number of aromatic amines is 1. The number of aromatic nitrogens is 2. The van der Waals surface area contributed by atoms with Crippen LogP contribution in [-0.2, 0) is 4.79 Å². The highest BCUT2D eigenvalue weighted by Gasteiger charge is 2.30. The third-order valence-electron chi connectivity index (χ3n) is 6.48. The Kier molecular flexibility index (Phi) is 8.21. The molecule has 0 radical (unpaired) electrons. The number of carbonyl (C=O) groups is 1. The zero-order chi connectivity index (χ0) is 23.8. The van der Waals surface area contributed by atoms with Crippen LogP contribution in [0.15, 0.2) is 55.0 Å². The Labute approximate surface area is 203 Å². The number of para-hydroxylation sites is 1. The topological polar surface area (TPSA) is 55.5 Å². The van der Waals surface area contributed by atoms with Crippen molar-refractivity contribution in [2.75, 3.05) is 37.6 Å². The van der Waals surface area contributed by atoms with Gasteiger partial charge in [0.2, 0.25) is 5.91 Å². The molecule has 1 unspecified atom stereocenters. The molecule has 3 aromatic rings. The fraction of sp³-hybridized carbons (Fsp3) is 0.429. The minimum atomic E-state index is -0.278. The van der Waals surface area contributed by atoms with Crippen molar-refractivity contribution < 1.29 is 4.79 Å². The maximum Gasteiger partial charge on any atom is 0.222 e. The molecular weight excluding hydrogens is 422 g/mol. The molecule has 1 saturated heterocycles. The summed E-state index contributed by atoms with van der Waals surface area (Å²) in [4.78, 5) is 27.3. The molecule has 0 aliphatic carbocycles. The Hall–Kier alpha value is -3.30. The molecule has 6 heteroatoms. The number of pyridine rings is 1. The molecule has 6 nitrogen and oxygen atoms in total. The SMILES string of the molecule is CCCN(c1ccncc1)C(c1c[nH]c2ccccc12)N(CC#CCN1CCCCC1)C(C)=O. The average molecular weight is 458 g/mol. The summed E-state index contributed by atoms with van der Waals surface area (Å²) in [7, 11) is 0. The third-order valence-corrected chi connectivity index (χ3v) is 6.48. The summed E-state index contributed by atoms with van der Waals surface area (Å²) < 4.78 is 0. The van der Waals surface area contributed by atoms with Crippen molar-refractivity contribution in [1.82, 2.24) is 19.8 Å². The van der Waals surface area contributed by atoms with Gasteiger partial charge in [-0.2, -0.15) is 0 Å². The predicted octanol–water partition coefficient (Wildman–Crippen LogP) is 4.82. The van der Waals surface area contributed by atoms with Crippen molar-refractivity contribution in [3.8, 4) is 11.8 Å². The van der Waals surface area contributed by atoms with Crippen molar-refractivity contribution in [2.45, 2.75) is 45.7 Å². The Morgan fingerprint density at radius 3 is 2.62 bits per heavy atom. The zero-order valence-corrected chi connectivity index (χ0v) is 20.3. The van der Waals surface area contributed by atoms with Gasteiger partial charge in [-0.05, 0) is 50.6 Å². The summed E-state index contributed by atoms with van der Waals surface area (Å²) in [5.74, 6) is 6.66. The van der Waals surface area contributed by atoms with Crippen LogP contribution < -0.4 is 4.90 Å². The van der Waals surface area contributed by atoms with Gasteiger partial charge in [0.15, 0.2) is 0 Å². The lowest BCUT2D eigenvalue weighted by atomic mass is 10.1. The van der Waals surface area contributed by atoms with E-state index in [4.69, 9.17) is 0 Å². The number of nitrogens with one attached hydrogen (secondary N) is 1. The van der Waals surface area contributed by atoms with Crippen LogP contribution in [0.25, 0.3) is 10.9 Å². The maximum atomic E-state index is 13.1. The first-order valence-corrected chi connectivity index (χ1v) is 12.4. The summed E-state index contributed by atoms with van der Waals surface area (Å²) in [6, 6.07) is 12.3. The third kappa shape index (κ3) is 5.60. The van der Waals surface area contributed by atoms with E-state index in [2.05, 4.69) is 50.7 Å². The molecular formula is C28H35N5O. The van der Waals surface area contributed by atoms with E-state index in [0.717, 1.165) is 54.8 Å². The van der Waals surface area contributed by atoms with E-state index < -0.39 is 0 Å². The normalized spacial score (nSPS) is 14.9. The van der Waals surface area contributed by atoms with Gasteiger partial charge < -0.3 is 14.8 Å². The molecule has 0 saturated carbocycles. The first kappa shape index (κ1) is 23.8. The van der Waals surface area contributed by atoms with Gasteiger partial charge in [0.05, 0.1) is 13.1 Å². The number of rotatable bonds is 8. The van der Waals surface area contributed by atoms with E-state index >= 15 is 0 Å². The highest BCUT2D eigenvalue weighted by Crippen LogP contribution is 2.34. The molecule has 34 heavy (non-hydrogen) atoms. The van der Waals surface area contributed by atoms with Gasteiger partial charge >= 0.3 is 0 Å². The number of piperidine rings is 1. The molecule has 2 aromatic heterocycles. The summed E-state index contributed by atoms with van der Waals surface area (Å²) in [6.07, 6.45) is 10.1. The van der Waals surface area contributed by atoms with Crippen molar-refractivity contribution in [1.29, 1.82) is 0 Å². The highest BCUT2D eigenvalue weighted by molar-refractivity contribution is 5.85. The number of amides is 1. The number of fused-ring (bicyclic) bond motifs is 1. The molecule has 1 aliphatic rings. The van der Waals surface area contributed by atoms with Gasteiger partial charge in [0, 0.05) is 54.2 Å². The maximum absolute atomic E-state index is 13.1. The van der Waals surface area contributed by atoms with Crippen LogP contribution in [0, 0.1) is 11.8 Å². The summed E-state index contributed by atoms with van der Waals surface area (Å²) in [5, 5.41) is 1.12. The molecule has 0 bridgehead atoms. The van der Waals surface area contributed by atoms with Crippen molar-refractivity contribution in [3.05, 3.63) is 60.6 Å². The second kappa shape index (κ2) is 11.7. The van der Waals surface area contributed by atoms with Crippen LogP contribution in [0.3, 0.4) is 0 Å². The van der Waals surface area contributed by atoms with E-state index in [0.29, 0.717) is 6.54 Å². The lowest BCUT2D eigenvalue weighted by Crippen LogP contribution is -2.44. The summed E-state index contributed by atoms with van der Waals surface area (Å²) >= 11 is 0. The number of anilines is 1. The van der Waals surface area contributed by atoms with Crippen LogP contribution in [0.5, 0.6) is 0 Å². The van der Waals surface area contributed by atoms with E-state index in [-0.39, 0.29) is 12.1 Å². The smallest absolute Gasteiger partial charge is 0.222 e. The fourth-order valence-electron chi connectivity index (χ4n) is 4.78. The number of H-pyrrole nitrogens is 1. The molecule has 1 N–H and O–H groups in total. The van der Waals surface area contributed by atoms with Crippen molar-refractivity contribution in [3.63, 3.8) is 0 Å². The summed E-state index contributed by atoms with van der Waals surface area (Å²) in [6.45, 7) is 8.01. The second-order valence-electron chi connectivity index (χ2n) is 8.90. The van der Waals surface area contributed by atoms with Crippen LogP contribution in [0.2, 0.25) is 0 Å². The fourth-order valence-corrected chi connectivity index (χ4v) is 4.78. The average Bonchev–Trinajstić information content (AvgIpc) is 3.30. The minimum Gasteiger partial charge on any atom is -0.361 e. The van der Waals surface area contributed by atoms with Crippen LogP contribution in [-0.4, -0.2) is 58.4 Å². The van der Waals surface area contributed by atoms with Crippen molar-refractivity contribution in [2.24, 2.45) is 0 Å². The highest BCUT2D eigenvalue weighted by atomic mass is 16.2. The minimum absolute atomic E-state index is 0.0118. The van der Waals surface area contributed by atoms with E-state index in [9.17, 15) is 4.79 Å². The van der Waals surface area contributed by atoms with Crippen molar-refractivity contribution >= 4 is 22.5 Å². The first-order chi connectivity index (χ1) is 16.7. The quantitative estimate of drug-likeness (QED) is 0.389.